The van der Waals surface area contributed by atoms with Crippen LogP contribution in [0.2, 0.25) is 0 Å². The second-order valence-corrected chi connectivity index (χ2v) is 9.41. The molecule has 0 aromatic heterocycles. The lowest BCUT2D eigenvalue weighted by Gasteiger charge is -2.24. The lowest BCUT2D eigenvalue weighted by atomic mass is 10.1. The van der Waals surface area contributed by atoms with E-state index >= 15 is 0 Å². The van der Waals surface area contributed by atoms with Crippen LogP contribution in [0.15, 0.2) is 34.2 Å². The van der Waals surface area contributed by atoms with E-state index in [1.165, 1.54) is 0 Å². The molecule has 0 atom stereocenters. The minimum absolute atomic E-state index is 0.138. The van der Waals surface area contributed by atoms with Crippen LogP contribution < -0.4 is 15.4 Å². The van der Waals surface area contributed by atoms with Gasteiger partial charge in [-0.15, -0.1) is 0 Å². The lowest BCUT2D eigenvalue weighted by molar-refractivity contribution is 0.490. The summed E-state index contributed by atoms with van der Waals surface area (Å²) in [6, 6.07) is 6.97. The van der Waals surface area contributed by atoms with E-state index in [1.807, 2.05) is 47.6 Å². The molecule has 3 N–H and O–H groups in total. The highest BCUT2D eigenvalue weighted by Crippen LogP contribution is 2.17. The fourth-order valence-corrected chi connectivity index (χ4v) is 3.74. The van der Waals surface area contributed by atoms with Gasteiger partial charge in [-0.1, -0.05) is 18.2 Å². The van der Waals surface area contributed by atoms with Crippen LogP contribution in [0.1, 0.15) is 47.1 Å². The van der Waals surface area contributed by atoms with E-state index in [-0.39, 0.29) is 10.4 Å². The Morgan fingerprint density at radius 1 is 1.04 bits per heavy atom. The van der Waals surface area contributed by atoms with E-state index in [4.69, 9.17) is 0 Å². The molecule has 6 nitrogen and oxygen atoms in total. The maximum absolute atomic E-state index is 12.6. The topological polar surface area (TPSA) is 82.6 Å². The first-order chi connectivity index (χ1) is 10.8. The highest BCUT2D eigenvalue weighted by Gasteiger charge is 2.24. The van der Waals surface area contributed by atoms with Gasteiger partial charge >= 0.3 is 0 Å². The van der Waals surface area contributed by atoms with Crippen molar-refractivity contribution in [3.05, 3.63) is 29.8 Å². The highest BCUT2D eigenvalue weighted by molar-refractivity contribution is 7.89. The van der Waals surface area contributed by atoms with Crippen LogP contribution in [-0.4, -0.2) is 32.5 Å². The Hall–Kier alpha value is -1.60. The van der Waals surface area contributed by atoms with Crippen molar-refractivity contribution in [2.45, 2.75) is 64.1 Å². The maximum atomic E-state index is 12.6. The van der Waals surface area contributed by atoms with Crippen molar-refractivity contribution in [1.29, 1.82) is 0 Å². The molecule has 0 radical (unpaired) electrons. The molecule has 0 aliphatic heterocycles. The molecule has 1 rings (SSSR count). The summed E-state index contributed by atoms with van der Waals surface area (Å²) in [5.41, 5.74) is 0.0101. The fraction of sp³-hybridized carbons (Fsp3) is 0.588. The zero-order valence-electron chi connectivity index (χ0n) is 15.7. The van der Waals surface area contributed by atoms with E-state index in [9.17, 15) is 8.42 Å². The number of guanidine groups is 1. The first-order valence-corrected chi connectivity index (χ1v) is 9.43. The zero-order chi connectivity index (χ0) is 18.6. The standard InChI is InChI=1S/C17H30N4O2S/c1-16(2,3)20-15(18-7)19-12-13-10-8-9-11-14(13)24(22,23)21-17(4,5)6/h8-11,21H,12H2,1-7H3,(H2,18,19,20). The zero-order valence-corrected chi connectivity index (χ0v) is 16.5. The van der Waals surface area contributed by atoms with E-state index in [2.05, 4.69) is 20.3 Å². The molecule has 136 valence electrons. The summed E-state index contributed by atoms with van der Waals surface area (Å²) >= 11 is 0. The van der Waals surface area contributed by atoms with Crippen LogP contribution in [0, 0.1) is 0 Å². The molecule has 0 fully saturated rings. The maximum Gasteiger partial charge on any atom is 0.241 e. The number of rotatable bonds is 4. The number of nitrogens with zero attached hydrogens (tertiary/aromatic N) is 1. The third-order valence-electron chi connectivity index (χ3n) is 2.87. The van der Waals surface area contributed by atoms with Gasteiger partial charge in [-0.05, 0) is 53.2 Å². The monoisotopic (exact) mass is 354 g/mol. The normalized spacial score (nSPS) is 13.7. The third-order valence-corrected chi connectivity index (χ3v) is 4.72. The van der Waals surface area contributed by atoms with Gasteiger partial charge in [0.15, 0.2) is 5.96 Å². The summed E-state index contributed by atoms with van der Waals surface area (Å²) in [4.78, 5) is 4.45. The molecule has 0 aliphatic carbocycles. The third kappa shape index (κ3) is 6.88. The molecule has 7 heteroatoms. The number of nitrogens with one attached hydrogen (secondary N) is 3. The van der Waals surface area contributed by atoms with Gasteiger partial charge in [0.2, 0.25) is 10.0 Å². The van der Waals surface area contributed by atoms with Gasteiger partial charge in [-0.2, -0.15) is 0 Å². The Labute approximate surface area is 146 Å². The van der Waals surface area contributed by atoms with E-state index in [0.717, 1.165) is 0 Å². The summed E-state index contributed by atoms with van der Waals surface area (Å²) in [6.45, 7) is 11.9. The predicted molar refractivity (Wildman–Crippen MR) is 99.6 cm³/mol. The Bertz CT molecular complexity index is 683. The molecule has 1 aromatic carbocycles. The van der Waals surface area contributed by atoms with Crippen LogP contribution in [0.25, 0.3) is 0 Å². The van der Waals surface area contributed by atoms with Gasteiger partial charge in [0.25, 0.3) is 0 Å². The highest BCUT2D eigenvalue weighted by atomic mass is 32.2. The summed E-state index contributed by atoms with van der Waals surface area (Å²) in [5.74, 6) is 0.624. The summed E-state index contributed by atoms with van der Waals surface area (Å²) in [5, 5.41) is 6.41. The molecule has 0 saturated heterocycles. The second kappa shape index (κ2) is 7.53. The molecule has 1 aromatic rings. The summed E-state index contributed by atoms with van der Waals surface area (Å²) < 4.78 is 27.9. The van der Waals surface area contributed by atoms with Gasteiger partial charge < -0.3 is 10.6 Å². The van der Waals surface area contributed by atoms with Crippen LogP contribution in [-0.2, 0) is 16.6 Å². The van der Waals surface area contributed by atoms with E-state index < -0.39 is 15.6 Å². The van der Waals surface area contributed by atoms with Crippen molar-refractivity contribution >= 4 is 16.0 Å². The molecule has 0 bridgehead atoms. The number of hydrogen-bond donors (Lipinski definition) is 3. The molecule has 0 heterocycles. The van der Waals surface area contributed by atoms with Gasteiger partial charge in [0.05, 0.1) is 4.90 Å². The minimum atomic E-state index is -3.59. The Morgan fingerprint density at radius 3 is 2.12 bits per heavy atom. The molecular formula is C17H30N4O2S. The Kier molecular flexibility index (Phi) is 6.41. The second-order valence-electron chi connectivity index (χ2n) is 7.76. The lowest BCUT2D eigenvalue weighted by Crippen LogP contribution is -2.47. The van der Waals surface area contributed by atoms with Crippen molar-refractivity contribution in [3.8, 4) is 0 Å². The summed E-state index contributed by atoms with van der Waals surface area (Å²) in [7, 11) is -1.90. The average molecular weight is 355 g/mol. The predicted octanol–water partition coefficient (Wildman–Crippen LogP) is 2.23. The van der Waals surface area contributed by atoms with E-state index in [1.54, 1.807) is 25.2 Å². The number of benzene rings is 1. The van der Waals surface area contributed by atoms with Crippen molar-refractivity contribution in [1.82, 2.24) is 15.4 Å². The smallest absolute Gasteiger partial charge is 0.241 e. The average Bonchev–Trinajstić information content (AvgIpc) is 2.40. The SMILES string of the molecule is CN=C(NCc1ccccc1S(=O)(=O)NC(C)(C)C)NC(C)(C)C. The van der Waals surface area contributed by atoms with Crippen molar-refractivity contribution < 1.29 is 8.42 Å². The van der Waals surface area contributed by atoms with Crippen molar-refractivity contribution in [3.63, 3.8) is 0 Å². The molecule has 0 amide bonds. The molecule has 0 aliphatic rings. The first kappa shape index (κ1) is 20.4. The quantitative estimate of drug-likeness (QED) is 0.572. The largest absolute Gasteiger partial charge is 0.352 e. The van der Waals surface area contributed by atoms with Crippen LogP contribution in [0.4, 0.5) is 0 Å². The summed E-state index contributed by atoms with van der Waals surface area (Å²) in [6.07, 6.45) is 0. The Balaban J connectivity index is 2.99. The van der Waals surface area contributed by atoms with Crippen LogP contribution >= 0.6 is 0 Å². The van der Waals surface area contributed by atoms with Gasteiger partial charge in [0.1, 0.15) is 0 Å². The molecular weight excluding hydrogens is 324 g/mol. The molecule has 24 heavy (non-hydrogen) atoms. The van der Waals surface area contributed by atoms with E-state index in [0.29, 0.717) is 18.1 Å². The number of hydrogen-bond acceptors (Lipinski definition) is 3. The van der Waals surface area contributed by atoms with Crippen LogP contribution in [0.3, 0.4) is 0 Å². The van der Waals surface area contributed by atoms with Gasteiger partial charge in [-0.3, -0.25) is 4.99 Å². The fourth-order valence-electron chi connectivity index (χ4n) is 2.08. The van der Waals surface area contributed by atoms with Crippen molar-refractivity contribution in [2.75, 3.05) is 7.05 Å². The van der Waals surface area contributed by atoms with Gasteiger partial charge in [-0.25, -0.2) is 13.1 Å². The number of sulfonamides is 1. The molecule has 0 unspecified atom stereocenters. The van der Waals surface area contributed by atoms with Crippen LogP contribution in [0.5, 0.6) is 0 Å². The molecule has 0 saturated carbocycles. The first-order valence-electron chi connectivity index (χ1n) is 7.95. The Morgan fingerprint density at radius 2 is 1.62 bits per heavy atom. The van der Waals surface area contributed by atoms with Gasteiger partial charge in [0, 0.05) is 24.7 Å². The minimum Gasteiger partial charge on any atom is -0.352 e. The van der Waals surface area contributed by atoms with Crippen molar-refractivity contribution in [2.24, 2.45) is 4.99 Å². The molecule has 0 spiro atoms. The number of aliphatic imine (C=N–C) groups is 1.